The van der Waals surface area contributed by atoms with Gasteiger partial charge in [-0.05, 0) is 29.8 Å². The molecule has 0 saturated carbocycles. The number of para-hydroxylation sites is 1. The van der Waals surface area contributed by atoms with E-state index in [1.54, 1.807) is 13.2 Å². The first-order chi connectivity index (χ1) is 14.2. The number of carbonyl (C=O) groups is 1. The van der Waals surface area contributed by atoms with Crippen molar-refractivity contribution in [2.24, 2.45) is 0 Å². The van der Waals surface area contributed by atoms with Crippen LogP contribution >= 0.6 is 0 Å². The summed E-state index contributed by atoms with van der Waals surface area (Å²) in [6.45, 7) is 0.0939. The van der Waals surface area contributed by atoms with Gasteiger partial charge in [-0.15, -0.1) is 0 Å². The molecule has 0 spiro atoms. The van der Waals surface area contributed by atoms with Crippen LogP contribution in [0.5, 0.6) is 5.75 Å². The molecule has 4 rings (SSSR count). The maximum absolute atomic E-state index is 13.0. The van der Waals surface area contributed by atoms with Crippen LogP contribution in [0.3, 0.4) is 0 Å². The molecular formula is C24H20N2O3. The highest BCUT2D eigenvalue weighted by Gasteiger charge is 2.16. The van der Waals surface area contributed by atoms with Crippen molar-refractivity contribution in [2.75, 3.05) is 7.11 Å². The molecule has 4 aromatic rings. The van der Waals surface area contributed by atoms with Crippen LogP contribution in [0.15, 0.2) is 85.2 Å². The fourth-order valence-electron chi connectivity index (χ4n) is 3.09. The Morgan fingerprint density at radius 1 is 1.00 bits per heavy atom. The summed E-state index contributed by atoms with van der Waals surface area (Å²) in [7, 11) is 1.61. The number of esters is 1. The molecule has 0 aliphatic heterocycles. The predicted octanol–water partition coefficient (Wildman–Crippen LogP) is 4.63. The number of rotatable bonds is 6. The van der Waals surface area contributed by atoms with Crippen molar-refractivity contribution in [3.63, 3.8) is 0 Å². The molecule has 0 atom stereocenters. The Kier molecular flexibility index (Phi) is 5.38. The van der Waals surface area contributed by atoms with E-state index in [0.717, 1.165) is 16.8 Å². The molecule has 0 aliphatic rings. The second kappa shape index (κ2) is 8.44. The second-order valence-corrected chi connectivity index (χ2v) is 6.44. The molecular weight excluding hydrogens is 364 g/mol. The van der Waals surface area contributed by atoms with Gasteiger partial charge >= 0.3 is 5.97 Å². The van der Waals surface area contributed by atoms with E-state index in [4.69, 9.17) is 9.47 Å². The van der Waals surface area contributed by atoms with Crippen molar-refractivity contribution < 1.29 is 14.3 Å². The Labute approximate surface area is 168 Å². The number of nitrogens with zero attached hydrogens (tertiary/aromatic N) is 2. The number of ether oxygens (including phenoxy) is 2. The normalized spacial score (nSPS) is 11.4. The van der Waals surface area contributed by atoms with Gasteiger partial charge in [0.1, 0.15) is 18.0 Å². The van der Waals surface area contributed by atoms with E-state index < -0.39 is 5.97 Å². The van der Waals surface area contributed by atoms with Gasteiger partial charge in [0, 0.05) is 18.0 Å². The summed E-state index contributed by atoms with van der Waals surface area (Å²) in [6.07, 6.45) is 5.56. The highest BCUT2D eigenvalue weighted by molar-refractivity contribution is 6.21. The van der Waals surface area contributed by atoms with E-state index in [1.165, 1.54) is 0 Å². The van der Waals surface area contributed by atoms with Crippen molar-refractivity contribution in [3.05, 3.63) is 102 Å². The number of carbonyl (C=O) groups excluding carboxylic acids is 1. The third kappa shape index (κ3) is 4.19. The van der Waals surface area contributed by atoms with Gasteiger partial charge in [0.15, 0.2) is 0 Å². The molecule has 29 heavy (non-hydrogen) atoms. The number of imidazole rings is 1. The first-order valence-corrected chi connectivity index (χ1v) is 9.24. The van der Waals surface area contributed by atoms with E-state index in [-0.39, 0.29) is 6.61 Å². The van der Waals surface area contributed by atoms with Crippen LogP contribution in [0.1, 0.15) is 16.8 Å². The monoisotopic (exact) mass is 384 g/mol. The summed E-state index contributed by atoms with van der Waals surface area (Å²) in [6, 6.07) is 22.7. The smallest absolute Gasteiger partial charge is 0.339 e. The van der Waals surface area contributed by atoms with Crippen molar-refractivity contribution in [2.45, 2.75) is 6.61 Å². The number of aromatic nitrogens is 2. The number of hydrogen-bond acceptors (Lipinski definition) is 4. The maximum atomic E-state index is 13.0. The van der Waals surface area contributed by atoms with Gasteiger partial charge in [-0.25, -0.2) is 9.78 Å². The molecule has 0 aliphatic carbocycles. The molecule has 0 amide bonds. The van der Waals surface area contributed by atoms with Crippen LogP contribution < -0.4 is 4.74 Å². The van der Waals surface area contributed by atoms with Gasteiger partial charge in [0.25, 0.3) is 0 Å². The summed E-state index contributed by atoms with van der Waals surface area (Å²) in [5.74, 6) is 0.272. The standard InChI is InChI=1S/C24H20N2O3/c1-28-22-12-6-5-11-19(22)15-21(18-9-3-2-4-10-18)24(27)29-17-20-16-26-14-8-7-13-23(26)25-20/h2-16H,17H2,1H3/b21-15+. The average molecular weight is 384 g/mol. The van der Waals surface area contributed by atoms with Crippen LogP contribution in [0, 0.1) is 0 Å². The van der Waals surface area contributed by atoms with Gasteiger partial charge in [-0.2, -0.15) is 0 Å². The molecule has 144 valence electrons. The predicted molar refractivity (Wildman–Crippen MR) is 112 cm³/mol. The first kappa shape index (κ1) is 18.5. The molecule has 5 heteroatoms. The minimum absolute atomic E-state index is 0.0939. The molecule has 0 radical (unpaired) electrons. The summed E-state index contributed by atoms with van der Waals surface area (Å²) in [4.78, 5) is 17.4. The topological polar surface area (TPSA) is 52.8 Å². The minimum atomic E-state index is -0.417. The molecule has 2 aromatic carbocycles. The third-order valence-electron chi connectivity index (χ3n) is 4.51. The SMILES string of the molecule is COc1ccccc1/C=C(/C(=O)OCc1cn2ccccc2n1)c1ccccc1. The van der Waals surface area contributed by atoms with Crippen LogP contribution in [0.4, 0.5) is 0 Å². The molecule has 2 aromatic heterocycles. The summed E-state index contributed by atoms with van der Waals surface area (Å²) in [5.41, 5.74) is 3.54. The Bertz CT molecular complexity index is 1130. The summed E-state index contributed by atoms with van der Waals surface area (Å²) < 4.78 is 12.9. The van der Waals surface area contributed by atoms with Crippen LogP contribution in [0.25, 0.3) is 17.3 Å². The Morgan fingerprint density at radius 3 is 2.55 bits per heavy atom. The average Bonchev–Trinajstić information content (AvgIpc) is 3.20. The van der Waals surface area contributed by atoms with Gasteiger partial charge in [-0.3, -0.25) is 0 Å². The minimum Gasteiger partial charge on any atom is -0.496 e. The quantitative estimate of drug-likeness (QED) is 0.276. The molecule has 0 unspecified atom stereocenters. The lowest BCUT2D eigenvalue weighted by atomic mass is 10.0. The summed E-state index contributed by atoms with van der Waals surface area (Å²) in [5, 5.41) is 0. The number of methoxy groups -OCH3 is 1. The molecule has 2 heterocycles. The zero-order chi connectivity index (χ0) is 20.1. The largest absolute Gasteiger partial charge is 0.496 e. The van der Waals surface area contributed by atoms with Gasteiger partial charge in [0.2, 0.25) is 0 Å². The van der Waals surface area contributed by atoms with E-state index >= 15 is 0 Å². The van der Waals surface area contributed by atoms with E-state index in [0.29, 0.717) is 17.0 Å². The number of hydrogen-bond donors (Lipinski definition) is 0. The fraction of sp³-hybridized carbons (Fsp3) is 0.0833. The van der Waals surface area contributed by atoms with Crippen molar-refractivity contribution in [1.29, 1.82) is 0 Å². The Hall–Kier alpha value is -3.86. The van der Waals surface area contributed by atoms with Crippen molar-refractivity contribution >= 4 is 23.3 Å². The third-order valence-corrected chi connectivity index (χ3v) is 4.51. The van der Waals surface area contributed by atoms with Crippen LogP contribution in [-0.2, 0) is 16.1 Å². The number of fused-ring (bicyclic) bond motifs is 1. The molecule has 0 N–H and O–H groups in total. The van der Waals surface area contributed by atoms with Gasteiger partial charge in [0.05, 0.1) is 18.4 Å². The van der Waals surface area contributed by atoms with E-state index in [2.05, 4.69) is 4.98 Å². The fourth-order valence-corrected chi connectivity index (χ4v) is 3.09. The zero-order valence-corrected chi connectivity index (χ0v) is 16.0. The van der Waals surface area contributed by atoms with E-state index in [1.807, 2.05) is 89.6 Å². The highest BCUT2D eigenvalue weighted by Crippen LogP contribution is 2.25. The van der Waals surface area contributed by atoms with Crippen molar-refractivity contribution in [3.8, 4) is 5.75 Å². The molecule has 0 bridgehead atoms. The zero-order valence-electron chi connectivity index (χ0n) is 16.0. The molecule has 0 fully saturated rings. The molecule has 5 nitrogen and oxygen atoms in total. The Balaban J connectivity index is 1.62. The lowest BCUT2D eigenvalue weighted by Crippen LogP contribution is -2.07. The Morgan fingerprint density at radius 2 is 1.76 bits per heavy atom. The van der Waals surface area contributed by atoms with Crippen LogP contribution in [-0.4, -0.2) is 22.5 Å². The highest BCUT2D eigenvalue weighted by atomic mass is 16.5. The van der Waals surface area contributed by atoms with Crippen molar-refractivity contribution in [1.82, 2.24) is 9.38 Å². The number of pyridine rings is 1. The first-order valence-electron chi connectivity index (χ1n) is 9.24. The molecule has 0 saturated heterocycles. The second-order valence-electron chi connectivity index (χ2n) is 6.44. The summed E-state index contributed by atoms with van der Waals surface area (Å²) >= 11 is 0. The number of benzene rings is 2. The van der Waals surface area contributed by atoms with E-state index in [9.17, 15) is 4.79 Å². The van der Waals surface area contributed by atoms with Crippen LogP contribution in [0.2, 0.25) is 0 Å². The van der Waals surface area contributed by atoms with Gasteiger partial charge < -0.3 is 13.9 Å². The maximum Gasteiger partial charge on any atom is 0.339 e. The lowest BCUT2D eigenvalue weighted by Gasteiger charge is -2.10. The lowest BCUT2D eigenvalue weighted by molar-refractivity contribution is -0.137. The van der Waals surface area contributed by atoms with Gasteiger partial charge in [-0.1, -0.05) is 54.6 Å².